The molecule has 1 unspecified atom stereocenters. The van der Waals surface area contributed by atoms with Crippen LogP contribution < -0.4 is 5.73 Å². The summed E-state index contributed by atoms with van der Waals surface area (Å²) in [7, 11) is 0. The Balaban J connectivity index is 0.000000167. The second-order valence-electron chi connectivity index (χ2n) is 12.9. The van der Waals surface area contributed by atoms with Gasteiger partial charge in [-0.3, -0.25) is 4.79 Å². The van der Waals surface area contributed by atoms with Gasteiger partial charge in [-0.05, 0) is 99.8 Å². The lowest BCUT2D eigenvalue weighted by Crippen LogP contribution is -2.19. The lowest BCUT2D eigenvalue weighted by atomic mass is 10.2. The molecule has 8 aromatic rings. The number of rotatable bonds is 10. The molecule has 12 nitrogen and oxygen atoms in total. The first-order valence-corrected chi connectivity index (χ1v) is 19.0. The summed E-state index contributed by atoms with van der Waals surface area (Å²) in [5, 5.41) is 10.6. The quantitative estimate of drug-likeness (QED) is 0.134. The molecule has 0 saturated heterocycles. The first kappa shape index (κ1) is 36.6. The van der Waals surface area contributed by atoms with Crippen molar-refractivity contribution in [2.75, 3.05) is 0 Å². The minimum Gasteiger partial charge on any atom is -0.368 e. The normalized spacial score (nSPS) is 11.9. The Morgan fingerprint density at radius 1 is 0.833 bits per heavy atom. The molecular weight excluding hydrogens is 722 g/mol. The molecule has 0 aliphatic rings. The average Bonchev–Trinajstić information content (AvgIpc) is 3.94. The van der Waals surface area contributed by atoms with Crippen LogP contribution in [0.15, 0.2) is 102 Å². The number of imidazole rings is 2. The first-order valence-electron chi connectivity index (χ1n) is 17.2. The number of halogens is 1. The number of carbonyl (C=O) groups excluding carboxylic acids is 1. The molecule has 15 heteroatoms. The number of nitrogens with one attached hydrogen (secondary N) is 1. The number of fused-ring (bicyclic) bond motifs is 2. The van der Waals surface area contributed by atoms with Gasteiger partial charge in [0.25, 0.3) is 0 Å². The summed E-state index contributed by atoms with van der Waals surface area (Å²) in [6, 6.07) is 24.4. The second-order valence-corrected chi connectivity index (χ2v) is 15.2. The van der Waals surface area contributed by atoms with Crippen LogP contribution in [0.5, 0.6) is 0 Å². The van der Waals surface area contributed by atoms with Crippen molar-refractivity contribution in [1.82, 2.24) is 48.7 Å². The van der Waals surface area contributed by atoms with E-state index in [4.69, 9.17) is 10.7 Å². The number of nitrogens with zero attached hydrogens (tertiary/aromatic N) is 9. The van der Waals surface area contributed by atoms with E-state index in [-0.39, 0.29) is 17.6 Å². The number of primary amides is 1. The maximum atomic E-state index is 13.1. The Kier molecular flexibility index (Phi) is 10.6. The summed E-state index contributed by atoms with van der Waals surface area (Å²) in [6.07, 6.45) is 3.63. The van der Waals surface area contributed by atoms with Crippen molar-refractivity contribution >= 4 is 40.7 Å². The summed E-state index contributed by atoms with van der Waals surface area (Å²) in [5.41, 5.74) is 15.1. The molecule has 0 fully saturated rings. The lowest BCUT2D eigenvalue weighted by molar-refractivity contribution is -0.118. The molecule has 0 radical (unpaired) electrons. The number of nitrogens with two attached hydrogens (primary N) is 1. The predicted molar refractivity (Wildman–Crippen MR) is 210 cm³/mol. The van der Waals surface area contributed by atoms with Crippen LogP contribution in [0.2, 0.25) is 0 Å². The number of hydrogen-bond acceptors (Lipinski definition) is 9. The highest BCUT2D eigenvalue weighted by atomic mass is 32.2. The van der Waals surface area contributed by atoms with Crippen LogP contribution in [-0.2, 0) is 17.1 Å². The highest BCUT2D eigenvalue weighted by Gasteiger charge is 2.17. The number of hydrogen-bond donors (Lipinski definition) is 2. The van der Waals surface area contributed by atoms with Gasteiger partial charge in [-0.2, -0.15) is 0 Å². The standard InChI is InChI=1S/C20H20N6OS.C19H18FN5S/c1-13-8-14(2)26-18(9-13)23-20(24-26)28-12-19-22-16(10-25(19)11-17(21)27)15-6-4-3-5-7-15;1-11-8-12(2)25-17(9-11)23-19(24-25)26-13(3)18-21-10-16(22-18)14-4-6-15(20)7-5-14/h3-10H,11-12H2,1-2H3,(H2,21,27);4-10,13H,1-3H3,(H,21,22). The van der Waals surface area contributed by atoms with Crippen molar-refractivity contribution in [2.24, 2.45) is 5.73 Å². The molecule has 1 atom stereocenters. The van der Waals surface area contributed by atoms with E-state index in [1.54, 1.807) is 34.7 Å². The number of thioether (sulfide) groups is 2. The molecule has 0 aliphatic heterocycles. The summed E-state index contributed by atoms with van der Waals surface area (Å²) in [5.74, 6) is 1.48. The second kappa shape index (κ2) is 15.7. The highest BCUT2D eigenvalue weighted by Crippen LogP contribution is 2.33. The van der Waals surface area contributed by atoms with Gasteiger partial charge in [-0.1, -0.05) is 53.9 Å². The van der Waals surface area contributed by atoms with Gasteiger partial charge >= 0.3 is 0 Å². The van der Waals surface area contributed by atoms with Gasteiger partial charge < -0.3 is 15.3 Å². The summed E-state index contributed by atoms with van der Waals surface area (Å²) in [6.45, 7) is 10.3. The molecule has 0 saturated carbocycles. The number of aromatic amines is 1. The van der Waals surface area contributed by atoms with Gasteiger partial charge in [0, 0.05) is 23.1 Å². The molecule has 0 aliphatic carbocycles. The van der Waals surface area contributed by atoms with Crippen LogP contribution in [0.3, 0.4) is 0 Å². The summed E-state index contributed by atoms with van der Waals surface area (Å²) >= 11 is 3.04. The van der Waals surface area contributed by atoms with Crippen LogP contribution in [0.1, 0.15) is 46.3 Å². The fourth-order valence-corrected chi connectivity index (χ4v) is 7.59. The van der Waals surface area contributed by atoms with Crippen molar-refractivity contribution in [3.05, 3.63) is 131 Å². The van der Waals surface area contributed by atoms with E-state index < -0.39 is 5.91 Å². The van der Waals surface area contributed by atoms with Crippen LogP contribution >= 0.6 is 23.5 Å². The number of benzene rings is 2. The first-order chi connectivity index (χ1) is 26.0. The Labute approximate surface area is 319 Å². The topological polar surface area (TPSA) is 150 Å². The molecule has 3 N–H and O–H groups in total. The van der Waals surface area contributed by atoms with Gasteiger partial charge in [0.05, 0.1) is 28.6 Å². The molecule has 2 aromatic carbocycles. The zero-order valence-corrected chi connectivity index (χ0v) is 32.0. The van der Waals surface area contributed by atoms with Crippen molar-refractivity contribution in [1.29, 1.82) is 0 Å². The third kappa shape index (κ3) is 8.37. The fraction of sp³-hybridized carbons (Fsp3) is 0.205. The Bertz CT molecular complexity index is 2580. The number of amides is 1. The number of H-pyrrole nitrogens is 1. The van der Waals surface area contributed by atoms with Crippen molar-refractivity contribution in [3.63, 3.8) is 0 Å². The van der Waals surface area contributed by atoms with Gasteiger partial charge in [0.1, 0.15) is 24.0 Å². The van der Waals surface area contributed by atoms with Gasteiger partial charge in [0.2, 0.25) is 16.2 Å². The van der Waals surface area contributed by atoms with E-state index in [9.17, 15) is 9.18 Å². The van der Waals surface area contributed by atoms with Crippen molar-refractivity contribution < 1.29 is 9.18 Å². The van der Waals surface area contributed by atoms with Gasteiger partial charge in [-0.25, -0.2) is 33.4 Å². The summed E-state index contributed by atoms with van der Waals surface area (Å²) < 4.78 is 18.6. The molecular formula is C39H38FN11OS2. The van der Waals surface area contributed by atoms with Crippen LogP contribution in [0.4, 0.5) is 4.39 Å². The van der Waals surface area contributed by atoms with E-state index in [0.717, 1.165) is 62.4 Å². The average molecular weight is 760 g/mol. The van der Waals surface area contributed by atoms with E-state index in [1.807, 2.05) is 78.5 Å². The molecule has 6 aromatic heterocycles. The zero-order valence-electron chi connectivity index (χ0n) is 30.4. The fourth-order valence-electron chi connectivity index (χ4n) is 5.98. The number of aromatic nitrogens is 10. The predicted octanol–water partition coefficient (Wildman–Crippen LogP) is 7.72. The minimum atomic E-state index is -0.403. The van der Waals surface area contributed by atoms with Crippen LogP contribution in [0.25, 0.3) is 33.8 Å². The summed E-state index contributed by atoms with van der Waals surface area (Å²) in [4.78, 5) is 33.1. The smallest absolute Gasteiger partial charge is 0.237 e. The van der Waals surface area contributed by atoms with E-state index in [1.165, 1.54) is 29.5 Å². The van der Waals surface area contributed by atoms with E-state index >= 15 is 0 Å². The molecule has 6 heterocycles. The molecule has 0 bridgehead atoms. The van der Waals surface area contributed by atoms with E-state index in [0.29, 0.717) is 16.1 Å². The van der Waals surface area contributed by atoms with Crippen molar-refractivity contribution in [3.8, 4) is 22.5 Å². The Hall–Kier alpha value is -5.80. The SMILES string of the molecule is Cc1cc(C)n2nc(SC(C)c3ncc(-c4ccc(F)cc4)[nH]3)nc2c1.Cc1cc(C)n2nc(SCc3nc(-c4ccccc4)cn3CC(N)=O)nc2c1. The van der Waals surface area contributed by atoms with Gasteiger partial charge in [-0.15, -0.1) is 10.2 Å². The molecule has 274 valence electrons. The Morgan fingerprint density at radius 3 is 2.11 bits per heavy atom. The highest BCUT2D eigenvalue weighted by molar-refractivity contribution is 7.99. The number of pyridine rings is 2. The molecule has 0 spiro atoms. The monoisotopic (exact) mass is 759 g/mol. The van der Waals surface area contributed by atoms with E-state index in [2.05, 4.69) is 56.1 Å². The maximum absolute atomic E-state index is 13.1. The largest absolute Gasteiger partial charge is 0.368 e. The minimum absolute atomic E-state index is 0.0583. The maximum Gasteiger partial charge on any atom is 0.237 e. The molecule has 1 amide bonds. The molecule has 54 heavy (non-hydrogen) atoms. The van der Waals surface area contributed by atoms with Gasteiger partial charge in [0.15, 0.2) is 11.3 Å². The third-order valence-corrected chi connectivity index (χ3v) is 10.3. The zero-order chi connectivity index (χ0) is 37.9. The molecule has 8 rings (SSSR count). The lowest BCUT2D eigenvalue weighted by Gasteiger charge is -2.04. The number of aryl methyl sites for hydroxylation is 4. The van der Waals surface area contributed by atoms with Crippen LogP contribution in [-0.4, -0.2) is 54.6 Å². The Morgan fingerprint density at radius 2 is 1.46 bits per heavy atom. The third-order valence-electron chi connectivity index (χ3n) is 8.48. The van der Waals surface area contributed by atoms with Crippen molar-refractivity contribution in [2.45, 2.75) is 62.5 Å². The van der Waals surface area contributed by atoms with Crippen LogP contribution in [0, 0.1) is 33.5 Å². The number of carbonyl (C=O) groups is 1.